The molecule has 0 fully saturated rings. The normalized spacial score (nSPS) is 16.3. The highest BCUT2D eigenvalue weighted by Gasteiger charge is 2.20. The lowest BCUT2D eigenvalue weighted by Crippen LogP contribution is -1.99. The van der Waals surface area contributed by atoms with Crippen LogP contribution < -0.4 is 0 Å². The molecule has 0 unspecified atom stereocenters. The van der Waals surface area contributed by atoms with Crippen LogP contribution in [0.5, 0.6) is 0 Å². The van der Waals surface area contributed by atoms with Gasteiger partial charge < -0.3 is 0 Å². The number of hydrogen-bond acceptors (Lipinski definition) is 0. The molecular formula is C30H24. The zero-order valence-corrected chi connectivity index (χ0v) is 17.1. The van der Waals surface area contributed by atoms with Crippen molar-refractivity contribution in [2.45, 2.75) is 25.7 Å². The summed E-state index contributed by atoms with van der Waals surface area (Å²) in [6.07, 6.45) is 18.1. The maximum absolute atomic E-state index is 2.36. The van der Waals surface area contributed by atoms with E-state index in [9.17, 15) is 0 Å². The summed E-state index contributed by atoms with van der Waals surface area (Å²) in [4.78, 5) is 0. The Morgan fingerprint density at radius 3 is 1.77 bits per heavy atom. The molecule has 0 bridgehead atoms. The summed E-state index contributed by atoms with van der Waals surface area (Å²) in [6.45, 7) is 0. The summed E-state index contributed by atoms with van der Waals surface area (Å²) in [6, 6.07) is 22.6. The summed E-state index contributed by atoms with van der Waals surface area (Å²) in [5, 5.41) is 8.25. The van der Waals surface area contributed by atoms with E-state index < -0.39 is 0 Å². The van der Waals surface area contributed by atoms with E-state index in [4.69, 9.17) is 0 Å². The van der Waals surface area contributed by atoms with Crippen LogP contribution in [0.25, 0.3) is 43.5 Å². The second-order valence-corrected chi connectivity index (χ2v) is 8.32. The van der Waals surface area contributed by atoms with Gasteiger partial charge in [0.25, 0.3) is 0 Å². The Balaban J connectivity index is 1.87. The summed E-state index contributed by atoms with van der Waals surface area (Å²) in [5.74, 6) is 0. The molecule has 0 amide bonds. The Morgan fingerprint density at radius 1 is 0.500 bits per heavy atom. The van der Waals surface area contributed by atoms with Crippen molar-refractivity contribution in [3.63, 3.8) is 0 Å². The van der Waals surface area contributed by atoms with Crippen molar-refractivity contribution in [2.24, 2.45) is 0 Å². The third-order valence-electron chi connectivity index (χ3n) is 6.58. The maximum atomic E-state index is 2.36. The molecule has 4 aromatic rings. The van der Waals surface area contributed by atoms with E-state index in [2.05, 4.69) is 97.1 Å². The minimum atomic E-state index is 1.10. The average Bonchev–Trinajstić information content (AvgIpc) is 2.83. The zero-order chi connectivity index (χ0) is 19.9. The third-order valence-corrected chi connectivity index (χ3v) is 6.58. The predicted octanol–water partition coefficient (Wildman–Crippen LogP) is 8.61. The summed E-state index contributed by atoms with van der Waals surface area (Å²) in [7, 11) is 0. The molecule has 0 atom stereocenters. The molecule has 0 heteroatoms. The largest absolute Gasteiger partial charge is 0.0842 e. The first kappa shape index (κ1) is 17.5. The van der Waals surface area contributed by atoms with E-state index in [-0.39, 0.29) is 0 Å². The van der Waals surface area contributed by atoms with Gasteiger partial charge in [0.1, 0.15) is 0 Å². The van der Waals surface area contributed by atoms with Crippen LogP contribution >= 0.6 is 0 Å². The number of benzene rings is 4. The first-order valence-electron chi connectivity index (χ1n) is 11.0. The molecule has 2 aliphatic rings. The molecule has 2 aliphatic carbocycles. The van der Waals surface area contributed by atoms with Gasteiger partial charge in [0.05, 0.1) is 0 Å². The maximum Gasteiger partial charge on any atom is -0.00175 e. The van der Waals surface area contributed by atoms with Crippen LogP contribution in [0, 0.1) is 0 Å². The van der Waals surface area contributed by atoms with Crippen molar-refractivity contribution in [1.29, 1.82) is 0 Å². The first-order chi connectivity index (χ1) is 14.9. The molecule has 0 saturated heterocycles. The summed E-state index contributed by atoms with van der Waals surface area (Å²) in [5.41, 5.74) is 5.76. The molecule has 6 rings (SSSR count). The molecular weight excluding hydrogens is 360 g/mol. The fraction of sp³-hybridized carbons (Fsp3) is 0.133. The quantitative estimate of drug-likeness (QED) is 0.240. The van der Waals surface area contributed by atoms with Gasteiger partial charge in [-0.3, -0.25) is 0 Å². The number of rotatable bonds is 2. The first-order valence-corrected chi connectivity index (χ1v) is 11.0. The standard InChI is InChI=1S/C30H24/c1-3-12-22(13-4-1)28-25-17-9-10-18-26(25)29(23-14-5-2-6-15-23)30-24-16-8-7-11-21(24)19-20-27(28)30/h1-3,5,7-12,14,16-20H,4,6,13,15H2. The van der Waals surface area contributed by atoms with Crippen LogP contribution in [0.2, 0.25) is 0 Å². The molecule has 0 saturated carbocycles. The SMILES string of the molecule is C1=CCCC(c2c3ccccc3c(C3=CC=CCC3)c3c2ccc2ccccc23)=C1. The molecule has 0 N–H and O–H groups in total. The highest BCUT2D eigenvalue weighted by molar-refractivity contribution is 6.23. The molecule has 0 spiro atoms. The smallest absolute Gasteiger partial charge is 0.00175 e. The minimum Gasteiger partial charge on any atom is -0.0842 e. The van der Waals surface area contributed by atoms with Crippen LogP contribution in [-0.4, -0.2) is 0 Å². The fourth-order valence-electron chi connectivity index (χ4n) is 5.25. The number of fused-ring (bicyclic) bond motifs is 4. The van der Waals surface area contributed by atoms with Crippen molar-refractivity contribution in [2.75, 3.05) is 0 Å². The lowest BCUT2D eigenvalue weighted by Gasteiger charge is -2.22. The highest BCUT2D eigenvalue weighted by Crippen LogP contribution is 2.45. The van der Waals surface area contributed by atoms with Crippen LogP contribution in [0.3, 0.4) is 0 Å². The van der Waals surface area contributed by atoms with Crippen molar-refractivity contribution < 1.29 is 0 Å². The van der Waals surface area contributed by atoms with Crippen molar-refractivity contribution in [3.8, 4) is 0 Å². The van der Waals surface area contributed by atoms with Gasteiger partial charge in [-0.15, -0.1) is 0 Å². The highest BCUT2D eigenvalue weighted by atomic mass is 14.2. The van der Waals surface area contributed by atoms with E-state index >= 15 is 0 Å². The molecule has 4 aromatic carbocycles. The van der Waals surface area contributed by atoms with E-state index in [1.807, 2.05) is 0 Å². The van der Waals surface area contributed by atoms with E-state index in [0.29, 0.717) is 0 Å². The lowest BCUT2D eigenvalue weighted by molar-refractivity contribution is 1.06. The Kier molecular flexibility index (Phi) is 4.16. The van der Waals surface area contributed by atoms with Crippen LogP contribution in [0.1, 0.15) is 36.8 Å². The Hall–Kier alpha value is -3.38. The van der Waals surface area contributed by atoms with Gasteiger partial charge in [-0.1, -0.05) is 97.1 Å². The average molecular weight is 385 g/mol. The molecule has 144 valence electrons. The predicted molar refractivity (Wildman–Crippen MR) is 132 cm³/mol. The van der Waals surface area contributed by atoms with Crippen molar-refractivity contribution in [1.82, 2.24) is 0 Å². The second kappa shape index (κ2) is 7.15. The molecule has 30 heavy (non-hydrogen) atoms. The summed E-state index contributed by atoms with van der Waals surface area (Å²) >= 11 is 0. The topological polar surface area (TPSA) is 0 Å². The van der Waals surface area contributed by atoms with Crippen LogP contribution in [0.4, 0.5) is 0 Å². The van der Waals surface area contributed by atoms with Gasteiger partial charge >= 0.3 is 0 Å². The third kappa shape index (κ3) is 2.68. The molecule has 0 aliphatic heterocycles. The van der Waals surface area contributed by atoms with Crippen LogP contribution in [-0.2, 0) is 0 Å². The summed E-state index contributed by atoms with van der Waals surface area (Å²) < 4.78 is 0. The molecule has 0 heterocycles. The van der Waals surface area contributed by atoms with Gasteiger partial charge in [0, 0.05) is 0 Å². The van der Waals surface area contributed by atoms with Crippen molar-refractivity contribution in [3.05, 3.63) is 108 Å². The minimum absolute atomic E-state index is 1.10. The Labute approximate surface area is 177 Å². The Bertz CT molecular complexity index is 1420. The van der Waals surface area contributed by atoms with Crippen LogP contribution in [0.15, 0.2) is 97.1 Å². The second-order valence-electron chi connectivity index (χ2n) is 8.32. The molecule has 0 nitrogen and oxygen atoms in total. The van der Waals surface area contributed by atoms with Crippen molar-refractivity contribution >= 4 is 43.5 Å². The van der Waals surface area contributed by atoms with E-state index in [0.717, 1.165) is 25.7 Å². The van der Waals surface area contributed by atoms with Gasteiger partial charge in [-0.05, 0) is 80.3 Å². The molecule has 0 radical (unpaired) electrons. The fourth-order valence-corrected chi connectivity index (χ4v) is 5.25. The van der Waals surface area contributed by atoms with E-state index in [1.54, 1.807) is 0 Å². The van der Waals surface area contributed by atoms with Gasteiger partial charge in [-0.2, -0.15) is 0 Å². The Morgan fingerprint density at radius 2 is 1.10 bits per heavy atom. The van der Waals surface area contributed by atoms with Gasteiger partial charge in [-0.25, -0.2) is 0 Å². The monoisotopic (exact) mass is 384 g/mol. The zero-order valence-electron chi connectivity index (χ0n) is 17.1. The number of hydrogen-bond donors (Lipinski definition) is 0. The lowest BCUT2D eigenvalue weighted by atomic mass is 9.81. The number of allylic oxidation sites excluding steroid dienone is 8. The van der Waals surface area contributed by atoms with Gasteiger partial charge in [0.15, 0.2) is 0 Å². The molecule has 0 aromatic heterocycles. The van der Waals surface area contributed by atoms with Gasteiger partial charge in [0.2, 0.25) is 0 Å². The van der Waals surface area contributed by atoms with E-state index in [1.165, 1.54) is 54.6 Å².